The maximum absolute atomic E-state index is 13.2. The van der Waals surface area contributed by atoms with E-state index in [0.717, 1.165) is 11.3 Å². The Balaban J connectivity index is 1.34. The number of carbonyl (C=O) groups is 1. The van der Waals surface area contributed by atoms with Crippen LogP contribution >= 0.6 is 0 Å². The standard InChI is InChI=1S/C25H28FN5O2/c1-29(2)21-7-3-18(4-8-21)17-27-25(33)19-13-15-30(16-14-19)23-11-12-24(32)31(28-23)22-9-5-20(26)6-10-22/h3-12,19H,13-17H2,1-2H3,(H,27,33). The highest BCUT2D eigenvalue weighted by molar-refractivity contribution is 5.79. The molecule has 172 valence electrons. The van der Waals surface area contributed by atoms with Gasteiger partial charge in [-0.1, -0.05) is 12.1 Å². The molecule has 4 rings (SSSR count). The number of hydrogen-bond donors (Lipinski definition) is 1. The van der Waals surface area contributed by atoms with Gasteiger partial charge in [-0.05, 0) is 60.9 Å². The molecule has 3 aromatic rings. The summed E-state index contributed by atoms with van der Waals surface area (Å²) in [6, 6.07) is 17.0. The molecule has 1 amide bonds. The summed E-state index contributed by atoms with van der Waals surface area (Å²) in [6.07, 6.45) is 1.42. The van der Waals surface area contributed by atoms with E-state index in [9.17, 15) is 14.0 Å². The molecule has 0 radical (unpaired) electrons. The maximum atomic E-state index is 13.2. The minimum absolute atomic E-state index is 0.0506. The summed E-state index contributed by atoms with van der Waals surface area (Å²) in [5, 5.41) is 7.52. The van der Waals surface area contributed by atoms with Crippen molar-refractivity contribution in [3.8, 4) is 5.69 Å². The van der Waals surface area contributed by atoms with Crippen LogP contribution in [0.4, 0.5) is 15.9 Å². The van der Waals surface area contributed by atoms with Gasteiger partial charge in [0.25, 0.3) is 5.56 Å². The molecule has 7 nitrogen and oxygen atoms in total. The molecule has 0 unspecified atom stereocenters. The number of anilines is 2. The zero-order chi connectivity index (χ0) is 23.4. The number of nitrogens with one attached hydrogen (secondary N) is 1. The molecule has 0 saturated carbocycles. The van der Waals surface area contributed by atoms with E-state index in [1.54, 1.807) is 6.07 Å². The number of aromatic nitrogens is 2. The van der Waals surface area contributed by atoms with Gasteiger partial charge in [-0.25, -0.2) is 4.39 Å². The van der Waals surface area contributed by atoms with Gasteiger partial charge in [-0.15, -0.1) is 5.10 Å². The number of benzene rings is 2. The summed E-state index contributed by atoms with van der Waals surface area (Å²) in [7, 11) is 3.99. The van der Waals surface area contributed by atoms with Gasteiger partial charge in [0.15, 0.2) is 0 Å². The molecule has 8 heteroatoms. The zero-order valence-corrected chi connectivity index (χ0v) is 18.9. The van der Waals surface area contributed by atoms with Gasteiger partial charge < -0.3 is 15.1 Å². The summed E-state index contributed by atoms with van der Waals surface area (Å²) < 4.78 is 14.5. The third-order valence-corrected chi connectivity index (χ3v) is 5.97. The van der Waals surface area contributed by atoms with Crippen molar-refractivity contribution in [3.63, 3.8) is 0 Å². The highest BCUT2D eigenvalue weighted by Gasteiger charge is 2.26. The molecule has 0 aliphatic carbocycles. The van der Waals surface area contributed by atoms with E-state index < -0.39 is 0 Å². The molecule has 1 fully saturated rings. The molecule has 1 saturated heterocycles. The quantitative estimate of drug-likeness (QED) is 0.627. The Morgan fingerprint density at radius 2 is 1.70 bits per heavy atom. The minimum Gasteiger partial charge on any atom is -0.378 e. The Hall–Kier alpha value is -3.68. The van der Waals surface area contributed by atoms with Crippen molar-refractivity contribution in [1.82, 2.24) is 15.1 Å². The van der Waals surface area contributed by atoms with Crippen LogP contribution in [-0.2, 0) is 11.3 Å². The summed E-state index contributed by atoms with van der Waals surface area (Å²) in [5.41, 5.74) is 2.42. The van der Waals surface area contributed by atoms with Crippen LogP contribution in [0.2, 0.25) is 0 Å². The van der Waals surface area contributed by atoms with E-state index >= 15 is 0 Å². The predicted octanol–water partition coefficient (Wildman–Crippen LogP) is 2.97. The molecule has 33 heavy (non-hydrogen) atoms. The van der Waals surface area contributed by atoms with Crippen LogP contribution in [-0.4, -0.2) is 42.9 Å². The van der Waals surface area contributed by atoms with Crippen molar-refractivity contribution < 1.29 is 9.18 Å². The van der Waals surface area contributed by atoms with Crippen molar-refractivity contribution >= 4 is 17.4 Å². The fourth-order valence-electron chi connectivity index (χ4n) is 3.95. The SMILES string of the molecule is CN(C)c1ccc(CNC(=O)C2CCN(c3ccc(=O)n(-c4ccc(F)cc4)n3)CC2)cc1. The lowest BCUT2D eigenvalue weighted by molar-refractivity contribution is -0.125. The number of carbonyl (C=O) groups excluding carboxylic acids is 1. The molecule has 1 N–H and O–H groups in total. The van der Waals surface area contributed by atoms with Crippen molar-refractivity contribution in [1.29, 1.82) is 0 Å². The average Bonchev–Trinajstić information content (AvgIpc) is 2.84. The van der Waals surface area contributed by atoms with Crippen LogP contribution < -0.4 is 20.7 Å². The number of nitrogens with zero attached hydrogens (tertiary/aromatic N) is 4. The molecule has 1 aromatic heterocycles. The van der Waals surface area contributed by atoms with Crippen LogP contribution in [0.25, 0.3) is 5.69 Å². The van der Waals surface area contributed by atoms with Crippen LogP contribution in [0.1, 0.15) is 18.4 Å². The molecule has 1 aliphatic heterocycles. The summed E-state index contributed by atoms with van der Waals surface area (Å²) in [4.78, 5) is 29.0. The van der Waals surface area contributed by atoms with Gasteiger partial charge in [0, 0.05) is 51.4 Å². The van der Waals surface area contributed by atoms with E-state index in [-0.39, 0.29) is 23.2 Å². The van der Waals surface area contributed by atoms with Gasteiger partial charge in [0.2, 0.25) is 5.91 Å². The fraction of sp³-hybridized carbons (Fsp3) is 0.320. The Kier molecular flexibility index (Phi) is 6.72. The van der Waals surface area contributed by atoms with Crippen LogP contribution in [0.15, 0.2) is 65.5 Å². The number of amides is 1. The third-order valence-electron chi connectivity index (χ3n) is 5.97. The smallest absolute Gasteiger partial charge is 0.271 e. The highest BCUT2D eigenvalue weighted by Crippen LogP contribution is 2.22. The van der Waals surface area contributed by atoms with Gasteiger partial charge in [0.1, 0.15) is 11.6 Å². The number of piperidine rings is 1. The van der Waals surface area contributed by atoms with Gasteiger partial charge in [-0.3, -0.25) is 9.59 Å². The molecule has 0 bridgehead atoms. The van der Waals surface area contributed by atoms with Crippen molar-refractivity contribution in [2.24, 2.45) is 5.92 Å². The molecular weight excluding hydrogens is 421 g/mol. The molecule has 0 spiro atoms. The van der Waals surface area contributed by atoms with E-state index in [4.69, 9.17) is 0 Å². The third kappa shape index (κ3) is 5.39. The summed E-state index contributed by atoms with van der Waals surface area (Å²) >= 11 is 0. The van der Waals surface area contributed by atoms with Gasteiger partial charge in [0.05, 0.1) is 5.69 Å². The fourth-order valence-corrected chi connectivity index (χ4v) is 3.95. The molecular formula is C25H28FN5O2. The molecule has 1 aliphatic rings. The summed E-state index contributed by atoms with van der Waals surface area (Å²) in [5.74, 6) is 0.313. The lowest BCUT2D eigenvalue weighted by Crippen LogP contribution is -2.41. The first-order valence-corrected chi connectivity index (χ1v) is 11.1. The second-order valence-electron chi connectivity index (χ2n) is 8.46. The Labute approximate surface area is 192 Å². The Bertz CT molecular complexity index is 1150. The Morgan fingerprint density at radius 1 is 1.03 bits per heavy atom. The molecule has 2 aromatic carbocycles. The van der Waals surface area contributed by atoms with E-state index in [1.165, 1.54) is 35.0 Å². The molecule has 2 heterocycles. The van der Waals surface area contributed by atoms with Crippen LogP contribution in [0, 0.1) is 11.7 Å². The molecule has 0 atom stereocenters. The first-order valence-electron chi connectivity index (χ1n) is 11.1. The first kappa shape index (κ1) is 22.5. The second-order valence-corrected chi connectivity index (χ2v) is 8.46. The number of halogens is 1. The minimum atomic E-state index is -0.367. The van der Waals surface area contributed by atoms with Crippen LogP contribution in [0.3, 0.4) is 0 Å². The highest BCUT2D eigenvalue weighted by atomic mass is 19.1. The lowest BCUT2D eigenvalue weighted by atomic mass is 9.96. The Morgan fingerprint density at radius 3 is 2.33 bits per heavy atom. The average molecular weight is 450 g/mol. The second kappa shape index (κ2) is 9.85. The lowest BCUT2D eigenvalue weighted by Gasteiger charge is -2.32. The largest absolute Gasteiger partial charge is 0.378 e. The topological polar surface area (TPSA) is 70.5 Å². The van der Waals surface area contributed by atoms with E-state index in [2.05, 4.69) is 15.3 Å². The van der Waals surface area contributed by atoms with Crippen molar-refractivity contribution in [3.05, 3.63) is 82.4 Å². The number of hydrogen-bond acceptors (Lipinski definition) is 5. The normalized spacial score (nSPS) is 14.2. The van der Waals surface area contributed by atoms with E-state index in [1.807, 2.05) is 43.3 Å². The number of rotatable bonds is 6. The van der Waals surface area contributed by atoms with E-state index in [0.29, 0.717) is 44.0 Å². The van der Waals surface area contributed by atoms with Crippen LogP contribution in [0.5, 0.6) is 0 Å². The monoisotopic (exact) mass is 449 g/mol. The maximum Gasteiger partial charge on any atom is 0.271 e. The summed E-state index contributed by atoms with van der Waals surface area (Å²) in [6.45, 7) is 1.85. The predicted molar refractivity (Wildman–Crippen MR) is 127 cm³/mol. The van der Waals surface area contributed by atoms with Gasteiger partial charge >= 0.3 is 0 Å². The zero-order valence-electron chi connectivity index (χ0n) is 18.9. The van der Waals surface area contributed by atoms with Crippen molar-refractivity contribution in [2.75, 3.05) is 37.0 Å². The van der Waals surface area contributed by atoms with Crippen molar-refractivity contribution in [2.45, 2.75) is 19.4 Å². The first-order chi connectivity index (χ1) is 15.9. The van der Waals surface area contributed by atoms with Gasteiger partial charge in [-0.2, -0.15) is 4.68 Å².